The number of nitrogens with one attached hydrogen (secondary N) is 1. The number of rotatable bonds is 5. The third-order valence-electron chi connectivity index (χ3n) is 5.56. The van der Waals surface area contributed by atoms with Gasteiger partial charge < -0.3 is 16.0 Å². The van der Waals surface area contributed by atoms with Crippen molar-refractivity contribution in [3.05, 3.63) is 65.2 Å². The third kappa shape index (κ3) is 5.51. The highest BCUT2D eigenvalue weighted by atomic mass is 35.5. The monoisotopic (exact) mass is 415 g/mol. The molecule has 1 atom stereocenters. The summed E-state index contributed by atoms with van der Waals surface area (Å²) < 4.78 is 0. The summed E-state index contributed by atoms with van der Waals surface area (Å²) in [5.74, 6) is -0.00210. The van der Waals surface area contributed by atoms with E-state index in [2.05, 4.69) is 12.2 Å². The molecule has 0 spiro atoms. The second-order valence-corrected chi connectivity index (χ2v) is 7.52. The molecule has 29 heavy (non-hydrogen) atoms. The average molecular weight is 416 g/mol. The summed E-state index contributed by atoms with van der Waals surface area (Å²) >= 11 is 0. The fourth-order valence-corrected chi connectivity index (χ4v) is 3.85. The number of aryl methyl sites for hydroxylation is 1. The second-order valence-electron chi connectivity index (χ2n) is 7.52. The predicted octanol–water partition coefficient (Wildman–Crippen LogP) is 3.91. The number of likely N-dealkylation sites (tertiary alicyclic amines) is 1. The molecule has 0 bridgehead atoms. The molecule has 3 rings (SSSR count). The van der Waals surface area contributed by atoms with Crippen molar-refractivity contribution in [2.75, 3.05) is 18.8 Å². The molecule has 0 radical (unpaired) electrons. The Labute approximate surface area is 179 Å². The minimum absolute atomic E-state index is 0. The Morgan fingerprint density at radius 2 is 1.79 bits per heavy atom. The Kier molecular flexibility index (Phi) is 8.09. The van der Waals surface area contributed by atoms with Crippen LogP contribution < -0.4 is 11.1 Å². The lowest BCUT2D eigenvalue weighted by Crippen LogP contribution is -2.47. The van der Waals surface area contributed by atoms with E-state index in [-0.39, 0.29) is 36.2 Å². The van der Waals surface area contributed by atoms with Crippen molar-refractivity contribution >= 4 is 29.9 Å². The van der Waals surface area contributed by atoms with Crippen LogP contribution in [0.3, 0.4) is 0 Å². The molecule has 0 aliphatic carbocycles. The number of amides is 2. The normalized spacial score (nSPS) is 15.3. The maximum absolute atomic E-state index is 13.0. The maximum Gasteiger partial charge on any atom is 0.251 e. The lowest BCUT2D eigenvalue weighted by molar-refractivity contribution is -0.134. The number of nitrogen functional groups attached to an aromatic ring is 1. The Bertz CT molecular complexity index is 833. The van der Waals surface area contributed by atoms with Gasteiger partial charge in [0, 0.05) is 30.4 Å². The number of anilines is 1. The quantitative estimate of drug-likeness (QED) is 0.727. The predicted molar refractivity (Wildman–Crippen MR) is 119 cm³/mol. The van der Waals surface area contributed by atoms with Gasteiger partial charge in [0.25, 0.3) is 5.91 Å². The van der Waals surface area contributed by atoms with Gasteiger partial charge in [-0.2, -0.15) is 0 Å². The Hall–Kier alpha value is -2.53. The van der Waals surface area contributed by atoms with Crippen molar-refractivity contribution in [1.29, 1.82) is 0 Å². The van der Waals surface area contributed by atoms with Gasteiger partial charge >= 0.3 is 0 Å². The highest BCUT2D eigenvalue weighted by molar-refractivity contribution is 5.96. The Morgan fingerprint density at radius 3 is 2.41 bits per heavy atom. The van der Waals surface area contributed by atoms with Crippen molar-refractivity contribution in [2.24, 2.45) is 0 Å². The Morgan fingerprint density at radius 1 is 1.14 bits per heavy atom. The molecule has 2 amide bonds. The van der Waals surface area contributed by atoms with E-state index in [1.165, 1.54) is 0 Å². The van der Waals surface area contributed by atoms with Crippen LogP contribution in [0.4, 0.5) is 5.69 Å². The molecule has 1 unspecified atom stereocenters. The van der Waals surface area contributed by atoms with Gasteiger partial charge in [-0.05, 0) is 49.4 Å². The van der Waals surface area contributed by atoms with Gasteiger partial charge in [-0.25, -0.2) is 0 Å². The number of hydrogen-bond donors (Lipinski definition) is 2. The van der Waals surface area contributed by atoms with E-state index in [1.54, 1.807) is 12.1 Å². The molecule has 1 saturated heterocycles. The van der Waals surface area contributed by atoms with Crippen molar-refractivity contribution in [2.45, 2.75) is 45.1 Å². The maximum atomic E-state index is 13.0. The third-order valence-corrected chi connectivity index (χ3v) is 5.56. The van der Waals surface area contributed by atoms with Crippen LogP contribution in [0.25, 0.3) is 0 Å². The summed E-state index contributed by atoms with van der Waals surface area (Å²) in [7, 11) is 0. The minimum atomic E-state index is -0.0951. The number of halogens is 1. The molecule has 2 aromatic carbocycles. The van der Waals surface area contributed by atoms with Gasteiger partial charge in [-0.15, -0.1) is 12.4 Å². The first-order valence-corrected chi connectivity index (χ1v) is 10.00. The van der Waals surface area contributed by atoms with Gasteiger partial charge in [0.05, 0.1) is 5.92 Å². The summed E-state index contributed by atoms with van der Waals surface area (Å²) in [5, 5.41) is 3.11. The molecule has 6 heteroatoms. The molecule has 1 aliphatic rings. The summed E-state index contributed by atoms with van der Waals surface area (Å²) in [6, 6.07) is 15.4. The standard InChI is InChI=1S/C23H29N3O2.ClH/c1-3-20(17-7-5-4-6-8-17)23(28)26-13-11-19(12-14-26)25-22(27)21-15-18(24)10-9-16(21)2;/h4-10,15,19-20H,3,11-14,24H2,1-2H3,(H,25,27);1H. The van der Waals surface area contributed by atoms with Crippen LogP contribution in [-0.4, -0.2) is 35.8 Å². The summed E-state index contributed by atoms with van der Waals surface area (Å²) in [5.41, 5.74) is 9.00. The fraction of sp³-hybridized carbons (Fsp3) is 0.391. The van der Waals surface area contributed by atoms with Crippen LogP contribution in [0, 0.1) is 6.92 Å². The molecule has 1 heterocycles. The van der Waals surface area contributed by atoms with E-state index < -0.39 is 0 Å². The van der Waals surface area contributed by atoms with Crippen LogP contribution in [0.15, 0.2) is 48.5 Å². The number of carbonyl (C=O) groups is 2. The number of piperidine rings is 1. The highest BCUT2D eigenvalue weighted by Gasteiger charge is 2.29. The first kappa shape index (κ1) is 22.8. The van der Waals surface area contributed by atoms with Gasteiger partial charge in [0.15, 0.2) is 0 Å². The van der Waals surface area contributed by atoms with Gasteiger partial charge in [0.1, 0.15) is 0 Å². The molecule has 3 N–H and O–H groups in total. The lowest BCUT2D eigenvalue weighted by atomic mass is 9.93. The van der Waals surface area contributed by atoms with E-state index in [0.717, 1.165) is 30.4 Å². The van der Waals surface area contributed by atoms with Crippen molar-refractivity contribution in [3.63, 3.8) is 0 Å². The van der Waals surface area contributed by atoms with Gasteiger partial charge in [-0.1, -0.05) is 43.3 Å². The average Bonchev–Trinajstić information content (AvgIpc) is 2.71. The van der Waals surface area contributed by atoms with E-state index >= 15 is 0 Å². The largest absolute Gasteiger partial charge is 0.399 e. The molecule has 0 saturated carbocycles. The summed E-state index contributed by atoms with van der Waals surface area (Å²) in [6.45, 7) is 5.30. The lowest BCUT2D eigenvalue weighted by Gasteiger charge is -2.34. The first-order chi connectivity index (χ1) is 13.5. The van der Waals surface area contributed by atoms with Crippen molar-refractivity contribution in [1.82, 2.24) is 10.2 Å². The Balaban J connectivity index is 0.00000300. The van der Waals surface area contributed by atoms with Crippen molar-refractivity contribution < 1.29 is 9.59 Å². The minimum Gasteiger partial charge on any atom is -0.399 e. The summed E-state index contributed by atoms with van der Waals surface area (Å²) in [6.07, 6.45) is 2.32. The van der Waals surface area contributed by atoms with Gasteiger partial charge in [-0.3, -0.25) is 9.59 Å². The number of benzene rings is 2. The fourth-order valence-electron chi connectivity index (χ4n) is 3.85. The number of nitrogens with two attached hydrogens (primary N) is 1. The van der Waals surface area contributed by atoms with Crippen LogP contribution in [0.5, 0.6) is 0 Å². The van der Waals surface area contributed by atoms with Crippen molar-refractivity contribution in [3.8, 4) is 0 Å². The molecule has 156 valence electrons. The molecule has 2 aromatic rings. The molecular formula is C23H30ClN3O2. The van der Waals surface area contributed by atoms with Crippen LogP contribution in [0.2, 0.25) is 0 Å². The van der Waals surface area contributed by atoms with Crippen LogP contribution >= 0.6 is 12.4 Å². The smallest absolute Gasteiger partial charge is 0.251 e. The zero-order valence-corrected chi connectivity index (χ0v) is 17.9. The van der Waals surface area contributed by atoms with E-state index in [9.17, 15) is 9.59 Å². The van der Waals surface area contributed by atoms with Crippen LogP contribution in [0.1, 0.15) is 53.6 Å². The zero-order valence-electron chi connectivity index (χ0n) is 17.1. The number of nitrogens with zero attached hydrogens (tertiary/aromatic N) is 1. The zero-order chi connectivity index (χ0) is 20.1. The SMILES string of the molecule is CCC(C(=O)N1CCC(NC(=O)c2cc(N)ccc2C)CC1)c1ccccc1.Cl. The summed E-state index contributed by atoms with van der Waals surface area (Å²) in [4.78, 5) is 27.5. The van der Waals surface area contributed by atoms with Gasteiger partial charge in [0.2, 0.25) is 5.91 Å². The van der Waals surface area contributed by atoms with E-state index in [1.807, 2.05) is 48.2 Å². The molecule has 1 aliphatic heterocycles. The first-order valence-electron chi connectivity index (χ1n) is 10.00. The number of carbonyl (C=O) groups excluding carboxylic acids is 2. The highest BCUT2D eigenvalue weighted by Crippen LogP contribution is 2.24. The number of hydrogen-bond acceptors (Lipinski definition) is 3. The molecule has 0 aromatic heterocycles. The van der Waals surface area contributed by atoms with Crippen LogP contribution in [-0.2, 0) is 4.79 Å². The second kappa shape index (κ2) is 10.3. The molecule has 5 nitrogen and oxygen atoms in total. The topological polar surface area (TPSA) is 75.4 Å². The van der Waals surface area contributed by atoms with E-state index in [4.69, 9.17) is 5.73 Å². The molecular weight excluding hydrogens is 386 g/mol. The van der Waals surface area contributed by atoms with E-state index in [0.29, 0.717) is 24.3 Å². The molecule has 1 fully saturated rings.